The van der Waals surface area contributed by atoms with E-state index in [1.807, 2.05) is 18.2 Å². The lowest BCUT2D eigenvalue weighted by Crippen LogP contribution is -2.37. The second-order valence-electron chi connectivity index (χ2n) is 5.69. The average Bonchev–Trinajstić information content (AvgIpc) is 2.62. The van der Waals surface area contributed by atoms with Crippen LogP contribution in [0, 0.1) is 0 Å². The normalized spacial score (nSPS) is 17.9. The molecule has 0 atom stereocenters. The molecule has 0 bridgehead atoms. The Kier molecular flexibility index (Phi) is 6.37. The second kappa shape index (κ2) is 8.96. The molecule has 1 aromatic rings. The summed E-state index contributed by atoms with van der Waals surface area (Å²) in [5, 5.41) is 3.42. The van der Waals surface area contributed by atoms with E-state index in [0.29, 0.717) is 19.8 Å². The van der Waals surface area contributed by atoms with Crippen molar-refractivity contribution in [2.45, 2.75) is 6.42 Å². The molecule has 3 rings (SSSR count). The van der Waals surface area contributed by atoms with Crippen molar-refractivity contribution in [2.24, 2.45) is 0 Å². The number of fused-ring (bicyclic) bond motifs is 1. The molecule has 0 aromatic heterocycles. The minimum absolute atomic E-state index is 0.577. The number of hydrogen-bond donors (Lipinski definition) is 1. The number of rotatable bonds is 8. The van der Waals surface area contributed by atoms with Gasteiger partial charge in [0.05, 0.1) is 13.2 Å². The van der Waals surface area contributed by atoms with Crippen LogP contribution in [0.2, 0.25) is 0 Å². The summed E-state index contributed by atoms with van der Waals surface area (Å²) < 4.78 is 22.3. The smallest absolute Gasteiger partial charge is 0.203 e. The quantitative estimate of drug-likeness (QED) is 0.725. The van der Waals surface area contributed by atoms with Crippen LogP contribution in [-0.2, 0) is 4.74 Å². The zero-order valence-corrected chi connectivity index (χ0v) is 13.6. The Morgan fingerprint density at radius 3 is 2.83 bits per heavy atom. The fourth-order valence-electron chi connectivity index (χ4n) is 2.77. The van der Waals surface area contributed by atoms with Gasteiger partial charge in [-0.2, -0.15) is 0 Å². The summed E-state index contributed by atoms with van der Waals surface area (Å²) >= 11 is 0. The molecule has 0 radical (unpaired) electrons. The summed E-state index contributed by atoms with van der Waals surface area (Å²) in [7, 11) is 0. The van der Waals surface area contributed by atoms with E-state index in [9.17, 15) is 0 Å². The van der Waals surface area contributed by atoms with Gasteiger partial charge in [-0.1, -0.05) is 6.07 Å². The van der Waals surface area contributed by atoms with Gasteiger partial charge in [-0.05, 0) is 31.6 Å². The van der Waals surface area contributed by atoms with E-state index in [-0.39, 0.29) is 0 Å². The first kappa shape index (κ1) is 16.4. The minimum Gasteiger partial charge on any atom is -0.488 e. The predicted molar refractivity (Wildman–Crippen MR) is 87.7 cm³/mol. The largest absolute Gasteiger partial charge is 0.488 e. The highest BCUT2D eigenvalue weighted by Gasteiger charge is 2.16. The number of nitrogens with zero attached hydrogens (tertiary/aromatic N) is 1. The summed E-state index contributed by atoms with van der Waals surface area (Å²) in [5.74, 6) is 2.26. The second-order valence-corrected chi connectivity index (χ2v) is 5.69. The highest BCUT2D eigenvalue weighted by Crippen LogP contribution is 2.38. The van der Waals surface area contributed by atoms with Gasteiger partial charge in [0.1, 0.15) is 19.8 Å². The van der Waals surface area contributed by atoms with E-state index in [2.05, 4.69) is 10.2 Å². The van der Waals surface area contributed by atoms with Crippen molar-refractivity contribution in [1.82, 2.24) is 10.2 Å². The Hall–Kier alpha value is -1.50. The van der Waals surface area contributed by atoms with Crippen LogP contribution in [0.25, 0.3) is 0 Å². The lowest BCUT2D eigenvalue weighted by Gasteiger charge is -2.26. The van der Waals surface area contributed by atoms with Crippen molar-refractivity contribution in [2.75, 3.05) is 65.8 Å². The average molecular weight is 322 g/mol. The molecule has 1 aromatic carbocycles. The molecule has 2 aliphatic heterocycles. The lowest BCUT2D eigenvalue weighted by molar-refractivity contribution is 0.0374. The van der Waals surface area contributed by atoms with E-state index >= 15 is 0 Å². The Labute approximate surface area is 137 Å². The molecule has 0 aliphatic carbocycles. The fourth-order valence-corrected chi connectivity index (χ4v) is 2.77. The molecule has 128 valence electrons. The molecule has 23 heavy (non-hydrogen) atoms. The van der Waals surface area contributed by atoms with Crippen LogP contribution in [0.5, 0.6) is 17.2 Å². The maximum absolute atomic E-state index is 5.81. The number of nitrogens with one attached hydrogen (secondary N) is 1. The SMILES string of the molecule is c1cc(OCCNCCCN2CCOCC2)c2c(c1)OCCO2. The molecule has 6 nitrogen and oxygen atoms in total. The van der Waals surface area contributed by atoms with Crippen LogP contribution < -0.4 is 19.5 Å². The summed E-state index contributed by atoms with van der Waals surface area (Å²) in [6.07, 6.45) is 1.15. The van der Waals surface area contributed by atoms with Gasteiger partial charge in [0, 0.05) is 19.6 Å². The van der Waals surface area contributed by atoms with E-state index in [1.54, 1.807) is 0 Å². The van der Waals surface area contributed by atoms with Gasteiger partial charge in [-0.15, -0.1) is 0 Å². The Balaban J connectivity index is 1.28. The highest BCUT2D eigenvalue weighted by atomic mass is 16.6. The molecule has 0 saturated carbocycles. The first-order chi connectivity index (χ1) is 11.4. The van der Waals surface area contributed by atoms with Gasteiger partial charge in [0.25, 0.3) is 0 Å². The first-order valence-corrected chi connectivity index (χ1v) is 8.46. The Morgan fingerprint density at radius 1 is 1.04 bits per heavy atom. The maximum atomic E-state index is 5.81. The highest BCUT2D eigenvalue weighted by molar-refractivity contribution is 5.51. The van der Waals surface area contributed by atoms with Crippen LogP contribution in [0.15, 0.2) is 18.2 Å². The van der Waals surface area contributed by atoms with Gasteiger partial charge < -0.3 is 24.3 Å². The van der Waals surface area contributed by atoms with Crippen LogP contribution in [0.1, 0.15) is 6.42 Å². The van der Waals surface area contributed by atoms with E-state index in [4.69, 9.17) is 18.9 Å². The number of benzene rings is 1. The summed E-state index contributed by atoms with van der Waals surface area (Å²) in [4.78, 5) is 2.45. The fraction of sp³-hybridized carbons (Fsp3) is 0.647. The van der Waals surface area contributed by atoms with Crippen molar-refractivity contribution in [3.63, 3.8) is 0 Å². The van der Waals surface area contributed by atoms with Gasteiger partial charge in [0.2, 0.25) is 5.75 Å². The number of morpholine rings is 1. The number of hydrogen-bond acceptors (Lipinski definition) is 6. The van der Waals surface area contributed by atoms with E-state index < -0.39 is 0 Å². The van der Waals surface area contributed by atoms with Crippen LogP contribution in [-0.4, -0.2) is 70.7 Å². The molecule has 1 saturated heterocycles. The van der Waals surface area contributed by atoms with Crippen molar-refractivity contribution in [3.05, 3.63) is 18.2 Å². The number of para-hydroxylation sites is 1. The van der Waals surface area contributed by atoms with E-state index in [1.165, 1.54) is 0 Å². The van der Waals surface area contributed by atoms with Crippen molar-refractivity contribution < 1.29 is 18.9 Å². The molecule has 1 N–H and O–H groups in total. The molecule has 0 amide bonds. The molecule has 0 spiro atoms. The summed E-state index contributed by atoms with van der Waals surface area (Å²) in [6, 6.07) is 5.76. The standard InChI is InChI=1S/C17H26N2O4/c1-3-15(17-16(4-1)22-13-14-23-17)21-10-6-18-5-2-7-19-8-11-20-12-9-19/h1,3-4,18H,2,5-14H2. The third-order valence-electron chi connectivity index (χ3n) is 4.00. The molecule has 2 aliphatic rings. The predicted octanol–water partition coefficient (Wildman–Crippen LogP) is 1.15. The van der Waals surface area contributed by atoms with Crippen molar-refractivity contribution >= 4 is 0 Å². The Morgan fingerprint density at radius 2 is 1.91 bits per heavy atom. The molecule has 2 heterocycles. The van der Waals surface area contributed by atoms with Crippen LogP contribution in [0.3, 0.4) is 0 Å². The lowest BCUT2D eigenvalue weighted by atomic mass is 10.3. The monoisotopic (exact) mass is 322 g/mol. The maximum Gasteiger partial charge on any atom is 0.203 e. The zero-order chi connectivity index (χ0) is 15.7. The van der Waals surface area contributed by atoms with Crippen LogP contribution >= 0.6 is 0 Å². The zero-order valence-electron chi connectivity index (χ0n) is 13.6. The molecule has 6 heteroatoms. The summed E-state index contributed by atoms with van der Waals surface area (Å²) in [5.41, 5.74) is 0. The van der Waals surface area contributed by atoms with Crippen molar-refractivity contribution in [1.29, 1.82) is 0 Å². The first-order valence-electron chi connectivity index (χ1n) is 8.46. The molecule has 1 fully saturated rings. The van der Waals surface area contributed by atoms with Gasteiger partial charge in [-0.25, -0.2) is 0 Å². The van der Waals surface area contributed by atoms with Gasteiger partial charge >= 0.3 is 0 Å². The third-order valence-corrected chi connectivity index (χ3v) is 4.00. The Bertz CT molecular complexity index is 478. The molecular formula is C17H26N2O4. The van der Waals surface area contributed by atoms with Crippen molar-refractivity contribution in [3.8, 4) is 17.2 Å². The molecule has 0 unspecified atom stereocenters. The molecular weight excluding hydrogens is 296 g/mol. The summed E-state index contributed by atoms with van der Waals surface area (Å²) in [6.45, 7) is 8.62. The van der Waals surface area contributed by atoms with Gasteiger partial charge in [0.15, 0.2) is 11.5 Å². The minimum atomic E-state index is 0.577. The number of ether oxygens (including phenoxy) is 4. The van der Waals surface area contributed by atoms with Gasteiger partial charge in [-0.3, -0.25) is 4.90 Å². The third kappa shape index (κ3) is 4.99. The van der Waals surface area contributed by atoms with E-state index in [0.717, 1.165) is 69.6 Å². The van der Waals surface area contributed by atoms with Crippen LogP contribution in [0.4, 0.5) is 0 Å². The topological polar surface area (TPSA) is 52.2 Å².